The predicted molar refractivity (Wildman–Crippen MR) is 82.8 cm³/mol. The minimum absolute atomic E-state index is 0.0778. The van der Waals surface area contributed by atoms with E-state index in [0.717, 1.165) is 35.7 Å². The molecule has 114 valence electrons. The minimum atomic E-state index is 0.0778. The Morgan fingerprint density at radius 1 is 1.38 bits per heavy atom. The molecule has 0 saturated heterocycles. The lowest BCUT2D eigenvalue weighted by atomic mass is 10.1. The maximum Gasteiger partial charge on any atom is 0.122 e. The Kier molecular flexibility index (Phi) is 5.22. The molecule has 0 radical (unpaired) electrons. The van der Waals surface area contributed by atoms with E-state index in [4.69, 9.17) is 15.2 Å². The van der Waals surface area contributed by atoms with Crippen LogP contribution in [0.15, 0.2) is 30.6 Å². The normalized spacial score (nSPS) is 12.2. The van der Waals surface area contributed by atoms with Crippen molar-refractivity contribution in [3.8, 4) is 11.5 Å². The number of nitrogens with two attached hydrogens (primary N) is 1. The number of aromatic nitrogens is 2. The molecule has 1 unspecified atom stereocenters. The van der Waals surface area contributed by atoms with Crippen molar-refractivity contribution in [2.75, 3.05) is 13.7 Å². The zero-order chi connectivity index (χ0) is 15.2. The summed E-state index contributed by atoms with van der Waals surface area (Å²) in [6.07, 6.45) is 5.26. The number of methoxy groups -OCH3 is 1. The van der Waals surface area contributed by atoms with E-state index < -0.39 is 0 Å². The molecular weight excluding hydrogens is 266 g/mol. The van der Waals surface area contributed by atoms with E-state index in [9.17, 15) is 0 Å². The van der Waals surface area contributed by atoms with Crippen LogP contribution in [0.2, 0.25) is 0 Å². The van der Waals surface area contributed by atoms with E-state index in [1.54, 1.807) is 13.3 Å². The van der Waals surface area contributed by atoms with Crippen LogP contribution >= 0.6 is 0 Å². The highest BCUT2D eigenvalue weighted by Gasteiger charge is 2.09. The van der Waals surface area contributed by atoms with E-state index in [2.05, 4.69) is 4.98 Å². The van der Waals surface area contributed by atoms with Gasteiger partial charge in [0.1, 0.15) is 17.3 Å². The molecule has 0 amide bonds. The van der Waals surface area contributed by atoms with Gasteiger partial charge in [-0.3, -0.25) is 0 Å². The Morgan fingerprint density at radius 2 is 2.19 bits per heavy atom. The zero-order valence-electron chi connectivity index (χ0n) is 12.9. The maximum absolute atomic E-state index is 5.90. The van der Waals surface area contributed by atoms with Crippen LogP contribution in [0.1, 0.15) is 18.3 Å². The molecule has 0 aliphatic rings. The summed E-state index contributed by atoms with van der Waals surface area (Å²) in [6, 6.07) is 5.91. The Bertz CT molecular complexity index is 579. The summed E-state index contributed by atoms with van der Waals surface area (Å²) in [4.78, 5) is 4.29. The largest absolute Gasteiger partial charge is 0.497 e. The van der Waals surface area contributed by atoms with Gasteiger partial charge in [0.2, 0.25) is 0 Å². The molecule has 2 rings (SSSR count). The highest BCUT2D eigenvalue weighted by Crippen LogP contribution is 2.25. The summed E-state index contributed by atoms with van der Waals surface area (Å²) in [5.74, 6) is 2.70. The molecule has 1 aromatic heterocycles. The Labute approximate surface area is 125 Å². The van der Waals surface area contributed by atoms with Gasteiger partial charge in [0.25, 0.3) is 0 Å². The second kappa shape index (κ2) is 7.13. The molecule has 0 bridgehead atoms. The molecule has 0 aliphatic heterocycles. The van der Waals surface area contributed by atoms with Crippen LogP contribution in [0.3, 0.4) is 0 Å². The lowest BCUT2D eigenvalue weighted by Gasteiger charge is -2.14. The number of aryl methyl sites for hydroxylation is 1. The van der Waals surface area contributed by atoms with Gasteiger partial charge < -0.3 is 19.8 Å². The van der Waals surface area contributed by atoms with Crippen LogP contribution in [0, 0.1) is 0 Å². The smallest absolute Gasteiger partial charge is 0.122 e. The predicted octanol–water partition coefficient (Wildman–Crippen LogP) is 1.94. The van der Waals surface area contributed by atoms with Gasteiger partial charge in [-0.05, 0) is 37.1 Å². The van der Waals surface area contributed by atoms with Crippen LogP contribution in [0.5, 0.6) is 11.5 Å². The van der Waals surface area contributed by atoms with Crippen molar-refractivity contribution in [1.29, 1.82) is 0 Å². The molecule has 0 fully saturated rings. The van der Waals surface area contributed by atoms with Crippen molar-refractivity contribution in [2.45, 2.75) is 25.8 Å². The quantitative estimate of drug-likeness (QED) is 0.846. The molecule has 0 saturated carbocycles. The van der Waals surface area contributed by atoms with E-state index in [1.807, 2.05) is 42.9 Å². The van der Waals surface area contributed by atoms with Crippen LogP contribution in [-0.2, 0) is 19.9 Å². The molecule has 5 nitrogen and oxygen atoms in total. The number of hydrogen-bond donors (Lipinski definition) is 1. The fourth-order valence-electron chi connectivity index (χ4n) is 2.22. The first-order valence-corrected chi connectivity index (χ1v) is 7.11. The summed E-state index contributed by atoms with van der Waals surface area (Å²) < 4.78 is 13.2. The maximum atomic E-state index is 5.90. The molecular formula is C16H23N3O2. The number of ether oxygens (including phenoxy) is 2. The standard InChI is InChI=1S/C16H23N3O2/c1-12(17)10-13-11-14(20-3)4-5-15(13)21-9-6-16-18-7-8-19(16)2/h4-5,7-8,11-12H,6,9-10,17H2,1-3H3. The van der Waals surface area contributed by atoms with E-state index in [1.165, 1.54) is 0 Å². The number of hydrogen-bond acceptors (Lipinski definition) is 4. The van der Waals surface area contributed by atoms with Crippen LogP contribution in [-0.4, -0.2) is 29.3 Å². The van der Waals surface area contributed by atoms with Gasteiger partial charge in [-0.25, -0.2) is 4.98 Å². The first-order chi connectivity index (χ1) is 10.1. The Balaban J connectivity index is 2.02. The average molecular weight is 289 g/mol. The molecule has 1 aromatic carbocycles. The molecule has 0 spiro atoms. The van der Waals surface area contributed by atoms with E-state index in [-0.39, 0.29) is 6.04 Å². The number of nitrogens with zero attached hydrogens (tertiary/aromatic N) is 2. The third kappa shape index (κ3) is 4.23. The van der Waals surface area contributed by atoms with Crippen LogP contribution in [0.4, 0.5) is 0 Å². The molecule has 2 aromatic rings. The van der Waals surface area contributed by atoms with Gasteiger partial charge in [0.15, 0.2) is 0 Å². The van der Waals surface area contributed by atoms with Gasteiger partial charge >= 0.3 is 0 Å². The summed E-state index contributed by atoms with van der Waals surface area (Å²) >= 11 is 0. The molecule has 5 heteroatoms. The van der Waals surface area contributed by atoms with Crippen molar-refractivity contribution in [3.05, 3.63) is 42.0 Å². The summed E-state index contributed by atoms with van der Waals surface area (Å²) in [6.45, 7) is 2.57. The fraction of sp³-hybridized carbons (Fsp3) is 0.438. The zero-order valence-corrected chi connectivity index (χ0v) is 12.9. The molecule has 0 aliphatic carbocycles. The SMILES string of the molecule is COc1ccc(OCCc2nccn2C)c(CC(C)N)c1. The summed E-state index contributed by atoms with van der Waals surface area (Å²) in [5, 5.41) is 0. The van der Waals surface area contributed by atoms with Gasteiger partial charge in [0, 0.05) is 31.9 Å². The first kappa shape index (κ1) is 15.4. The third-order valence-corrected chi connectivity index (χ3v) is 3.31. The fourth-order valence-corrected chi connectivity index (χ4v) is 2.22. The van der Waals surface area contributed by atoms with Gasteiger partial charge in [-0.2, -0.15) is 0 Å². The number of benzene rings is 1. The molecule has 2 N–H and O–H groups in total. The van der Waals surface area contributed by atoms with Crippen molar-refractivity contribution in [3.63, 3.8) is 0 Å². The minimum Gasteiger partial charge on any atom is -0.497 e. The van der Waals surface area contributed by atoms with Crippen molar-refractivity contribution >= 4 is 0 Å². The van der Waals surface area contributed by atoms with E-state index >= 15 is 0 Å². The Hall–Kier alpha value is -2.01. The van der Waals surface area contributed by atoms with Crippen molar-refractivity contribution in [1.82, 2.24) is 9.55 Å². The molecule has 1 atom stereocenters. The lowest BCUT2D eigenvalue weighted by Crippen LogP contribution is -2.18. The molecule has 1 heterocycles. The van der Waals surface area contributed by atoms with Crippen molar-refractivity contribution in [2.24, 2.45) is 12.8 Å². The highest BCUT2D eigenvalue weighted by molar-refractivity contribution is 5.40. The first-order valence-electron chi connectivity index (χ1n) is 7.11. The summed E-state index contributed by atoms with van der Waals surface area (Å²) in [7, 11) is 3.64. The number of rotatable bonds is 7. The van der Waals surface area contributed by atoms with Crippen LogP contribution < -0.4 is 15.2 Å². The Morgan fingerprint density at radius 3 is 2.81 bits per heavy atom. The molecule has 21 heavy (non-hydrogen) atoms. The van der Waals surface area contributed by atoms with Crippen molar-refractivity contribution < 1.29 is 9.47 Å². The third-order valence-electron chi connectivity index (χ3n) is 3.31. The number of imidazole rings is 1. The van der Waals surface area contributed by atoms with Gasteiger partial charge in [-0.15, -0.1) is 0 Å². The van der Waals surface area contributed by atoms with Gasteiger partial charge in [-0.1, -0.05) is 0 Å². The monoisotopic (exact) mass is 289 g/mol. The lowest BCUT2D eigenvalue weighted by molar-refractivity contribution is 0.312. The highest BCUT2D eigenvalue weighted by atomic mass is 16.5. The topological polar surface area (TPSA) is 62.3 Å². The van der Waals surface area contributed by atoms with Crippen LogP contribution in [0.25, 0.3) is 0 Å². The van der Waals surface area contributed by atoms with E-state index in [0.29, 0.717) is 6.61 Å². The van der Waals surface area contributed by atoms with Gasteiger partial charge in [0.05, 0.1) is 13.7 Å². The average Bonchev–Trinajstić information content (AvgIpc) is 2.85. The summed E-state index contributed by atoms with van der Waals surface area (Å²) in [5.41, 5.74) is 6.97. The second-order valence-electron chi connectivity index (χ2n) is 5.21. The second-order valence-corrected chi connectivity index (χ2v) is 5.21.